The molecule has 0 saturated heterocycles. The largest absolute Gasteiger partial charge is 0.508 e. The molecule has 1 rings (SSSR count). The van der Waals surface area contributed by atoms with Crippen molar-refractivity contribution in [2.45, 2.75) is 11.8 Å². The fraction of sp³-hybridized carbons (Fsp3) is 0.143. The van der Waals surface area contributed by atoms with E-state index in [0.29, 0.717) is 15.5 Å². The normalized spacial score (nSPS) is 9.90. The Hall–Kier alpha value is -0.340. The second-order valence-electron chi connectivity index (χ2n) is 2.04. The summed E-state index contributed by atoms with van der Waals surface area (Å²) >= 11 is 9.82. The highest BCUT2D eigenvalue weighted by atomic mass is 35.5. The van der Waals surface area contributed by atoms with Gasteiger partial charge in [0, 0.05) is 10.5 Å². The van der Waals surface area contributed by atoms with Gasteiger partial charge in [-0.1, -0.05) is 11.6 Å². The van der Waals surface area contributed by atoms with Crippen LogP contribution in [0.5, 0.6) is 5.75 Å². The molecule has 0 bridgehead atoms. The molecule has 0 aliphatic rings. The fourth-order valence-electron chi connectivity index (χ4n) is 0.661. The molecular weight excluding hydrogens is 168 g/mol. The van der Waals surface area contributed by atoms with Crippen LogP contribution < -0.4 is 0 Å². The topological polar surface area (TPSA) is 20.2 Å². The van der Waals surface area contributed by atoms with Gasteiger partial charge in [0.25, 0.3) is 0 Å². The van der Waals surface area contributed by atoms with Crippen LogP contribution in [0.4, 0.5) is 0 Å². The quantitative estimate of drug-likeness (QED) is 0.580. The van der Waals surface area contributed by atoms with Crippen LogP contribution in [-0.2, 0) is 0 Å². The summed E-state index contributed by atoms with van der Waals surface area (Å²) < 4.78 is 0. The van der Waals surface area contributed by atoms with Gasteiger partial charge in [-0.05, 0) is 19.1 Å². The van der Waals surface area contributed by atoms with E-state index in [9.17, 15) is 0 Å². The smallest absolute Gasteiger partial charge is 0.120 e. The Kier molecular flexibility index (Phi) is 2.11. The predicted octanol–water partition coefficient (Wildman–Crippen LogP) is 2.64. The number of rotatable bonds is 0. The van der Waals surface area contributed by atoms with E-state index in [4.69, 9.17) is 16.7 Å². The van der Waals surface area contributed by atoms with Crippen LogP contribution >= 0.6 is 24.2 Å². The first-order chi connectivity index (χ1) is 4.63. The Balaban J connectivity index is 3.34. The SMILES string of the molecule is Cc1c(O)ccc(S)c1Cl. The highest BCUT2D eigenvalue weighted by molar-refractivity contribution is 7.80. The Labute approximate surface area is 70.0 Å². The van der Waals surface area contributed by atoms with Gasteiger partial charge < -0.3 is 5.11 Å². The van der Waals surface area contributed by atoms with Crippen molar-refractivity contribution in [2.24, 2.45) is 0 Å². The predicted molar refractivity (Wildman–Crippen MR) is 45.1 cm³/mol. The molecule has 54 valence electrons. The molecule has 1 N–H and O–H groups in total. The van der Waals surface area contributed by atoms with Gasteiger partial charge in [0.15, 0.2) is 0 Å². The van der Waals surface area contributed by atoms with E-state index in [1.165, 1.54) is 0 Å². The molecule has 0 spiro atoms. The monoisotopic (exact) mass is 174 g/mol. The summed E-state index contributed by atoms with van der Waals surface area (Å²) in [7, 11) is 0. The molecule has 1 aromatic rings. The third kappa shape index (κ3) is 1.22. The van der Waals surface area contributed by atoms with E-state index in [2.05, 4.69) is 12.6 Å². The zero-order valence-electron chi connectivity index (χ0n) is 5.43. The molecule has 1 aromatic carbocycles. The van der Waals surface area contributed by atoms with Gasteiger partial charge >= 0.3 is 0 Å². The van der Waals surface area contributed by atoms with Crippen molar-refractivity contribution in [3.05, 3.63) is 22.7 Å². The van der Waals surface area contributed by atoms with Gasteiger partial charge in [-0.25, -0.2) is 0 Å². The average Bonchev–Trinajstić information content (AvgIpc) is 1.93. The lowest BCUT2D eigenvalue weighted by molar-refractivity contribution is 0.470. The second-order valence-corrected chi connectivity index (χ2v) is 2.90. The molecule has 0 aliphatic carbocycles. The average molecular weight is 175 g/mol. The van der Waals surface area contributed by atoms with E-state index in [1.54, 1.807) is 19.1 Å². The lowest BCUT2D eigenvalue weighted by atomic mass is 10.2. The number of phenolic OH excluding ortho intramolecular Hbond substituents is 1. The number of benzene rings is 1. The van der Waals surface area contributed by atoms with Gasteiger partial charge in [-0.15, -0.1) is 12.6 Å². The van der Waals surface area contributed by atoms with Crippen molar-refractivity contribution in [3.63, 3.8) is 0 Å². The molecule has 0 atom stereocenters. The lowest BCUT2D eigenvalue weighted by Crippen LogP contribution is -1.77. The van der Waals surface area contributed by atoms with Gasteiger partial charge in [-0.3, -0.25) is 0 Å². The second kappa shape index (κ2) is 2.72. The van der Waals surface area contributed by atoms with Crippen LogP contribution in [0.2, 0.25) is 5.02 Å². The summed E-state index contributed by atoms with van der Waals surface area (Å²) in [5.41, 5.74) is 0.675. The first-order valence-electron chi connectivity index (χ1n) is 2.80. The minimum Gasteiger partial charge on any atom is -0.508 e. The highest BCUT2D eigenvalue weighted by Gasteiger charge is 2.02. The van der Waals surface area contributed by atoms with Crippen molar-refractivity contribution in [1.29, 1.82) is 0 Å². The number of aromatic hydroxyl groups is 1. The number of thiol groups is 1. The first-order valence-corrected chi connectivity index (χ1v) is 3.62. The molecule has 10 heavy (non-hydrogen) atoms. The van der Waals surface area contributed by atoms with Crippen LogP contribution in [0.25, 0.3) is 0 Å². The highest BCUT2D eigenvalue weighted by Crippen LogP contribution is 2.29. The molecule has 3 heteroatoms. The third-order valence-corrected chi connectivity index (χ3v) is 2.33. The Bertz CT molecular complexity index is 233. The minimum absolute atomic E-state index is 0.211. The molecule has 0 radical (unpaired) electrons. The Morgan fingerprint density at radius 3 is 2.60 bits per heavy atom. The van der Waals surface area contributed by atoms with Crippen molar-refractivity contribution >= 4 is 24.2 Å². The maximum absolute atomic E-state index is 9.11. The third-order valence-electron chi connectivity index (χ3n) is 1.34. The number of phenols is 1. The maximum atomic E-state index is 9.11. The van der Waals surface area contributed by atoms with Gasteiger partial charge in [0.05, 0.1) is 5.02 Å². The van der Waals surface area contributed by atoms with E-state index >= 15 is 0 Å². The Morgan fingerprint density at radius 2 is 2.10 bits per heavy atom. The maximum Gasteiger partial charge on any atom is 0.120 e. The van der Waals surface area contributed by atoms with Crippen molar-refractivity contribution in [1.82, 2.24) is 0 Å². The summed E-state index contributed by atoms with van der Waals surface area (Å²) in [6, 6.07) is 3.23. The van der Waals surface area contributed by atoms with Crippen LogP contribution in [0.1, 0.15) is 5.56 Å². The van der Waals surface area contributed by atoms with E-state index in [1.807, 2.05) is 0 Å². The molecular formula is C7H7ClOS. The molecule has 0 unspecified atom stereocenters. The number of hydrogen-bond donors (Lipinski definition) is 2. The van der Waals surface area contributed by atoms with Crippen LogP contribution in [0.3, 0.4) is 0 Å². The Morgan fingerprint density at radius 1 is 1.50 bits per heavy atom. The number of halogens is 1. The van der Waals surface area contributed by atoms with Crippen molar-refractivity contribution in [3.8, 4) is 5.75 Å². The zero-order chi connectivity index (χ0) is 7.72. The molecule has 0 saturated carbocycles. The van der Waals surface area contributed by atoms with Crippen molar-refractivity contribution < 1.29 is 5.11 Å². The standard InChI is InChI=1S/C7H7ClOS/c1-4-5(9)2-3-6(10)7(4)8/h2-3,9-10H,1H3. The first kappa shape index (κ1) is 7.76. The molecule has 0 heterocycles. The van der Waals surface area contributed by atoms with Crippen molar-refractivity contribution in [2.75, 3.05) is 0 Å². The minimum atomic E-state index is 0.211. The van der Waals surface area contributed by atoms with Crippen LogP contribution in [0.15, 0.2) is 17.0 Å². The van der Waals surface area contributed by atoms with Gasteiger partial charge in [0.1, 0.15) is 5.75 Å². The van der Waals surface area contributed by atoms with Gasteiger partial charge in [-0.2, -0.15) is 0 Å². The molecule has 0 aromatic heterocycles. The summed E-state index contributed by atoms with van der Waals surface area (Å²) in [5, 5.41) is 9.62. The summed E-state index contributed by atoms with van der Waals surface area (Å²) in [4.78, 5) is 0.692. The number of hydrogen-bond acceptors (Lipinski definition) is 2. The summed E-state index contributed by atoms with van der Waals surface area (Å²) in [5.74, 6) is 0.211. The van der Waals surface area contributed by atoms with E-state index < -0.39 is 0 Å². The van der Waals surface area contributed by atoms with E-state index in [0.717, 1.165) is 0 Å². The molecule has 0 amide bonds. The summed E-state index contributed by atoms with van der Waals surface area (Å²) in [6.45, 7) is 1.75. The van der Waals surface area contributed by atoms with E-state index in [-0.39, 0.29) is 5.75 Å². The fourth-order valence-corrected chi connectivity index (χ4v) is 1.06. The molecule has 0 fully saturated rings. The van der Waals surface area contributed by atoms with Gasteiger partial charge in [0.2, 0.25) is 0 Å². The zero-order valence-corrected chi connectivity index (χ0v) is 7.08. The lowest BCUT2D eigenvalue weighted by Gasteiger charge is -2.02. The van der Waals surface area contributed by atoms with Crippen LogP contribution in [-0.4, -0.2) is 5.11 Å². The molecule has 0 aliphatic heterocycles. The van der Waals surface area contributed by atoms with Crippen LogP contribution in [0, 0.1) is 6.92 Å². The summed E-state index contributed by atoms with van der Waals surface area (Å²) in [6.07, 6.45) is 0. The molecule has 1 nitrogen and oxygen atoms in total.